The minimum atomic E-state index is -0.297. The first kappa shape index (κ1) is 22.0. The quantitative estimate of drug-likeness (QED) is 0.381. The van der Waals surface area contributed by atoms with Gasteiger partial charge in [0.25, 0.3) is 11.8 Å². The van der Waals surface area contributed by atoms with Crippen LogP contribution in [0.4, 0.5) is 5.69 Å². The molecule has 33 heavy (non-hydrogen) atoms. The molecule has 2 aromatic carbocycles. The molecule has 2 amide bonds. The van der Waals surface area contributed by atoms with Gasteiger partial charge in [0.15, 0.2) is 0 Å². The number of hydrogen-bond donors (Lipinski definition) is 2. The number of anilines is 1. The molecule has 2 N–H and O–H groups in total. The molecule has 4 rings (SSSR count). The number of nitrogens with zero attached hydrogens (tertiary/aromatic N) is 1. The molecule has 0 saturated heterocycles. The number of hydrogen-bond acceptors (Lipinski definition) is 6. The first-order chi connectivity index (χ1) is 16.1. The number of para-hydroxylation sites is 1. The van der Waals surface area contributed by atoms with Crippen LogP contribution >= 0.6 is 11.3 Å². The fourth-order valence-corrected chi connectivity index (χ4v) is 3.64. The maximum Gasteiger partial charge on any atom is 0.265 e. The second kappa shape index (κ2) is 10.4. The molecule has 0 fully saturated rings. The molecule has 0 radical (unpaired) electrons. The third-order valence-corrected chi connectivity index (χ3v) is 5.55. The largest absolute Gasteiger partial charge is 0.497 e. The van der Waals surface area contributed by atoms with Crippen molar-refractivity contribution in [1.82, 2.24) is 10.3 Å². The molecule has 0 spiro atoms. The molecule has 0 bridgehead atoms. The van der Waals surface area contributed by atoms with Gasteiger partial charge < -0.3 is 20.1 Å². The Morgan fingerprint density at radius 2 is 1.79 bits per heavy atom. The van der Waals surface area contributed by atoms with Gasteiger partial charge in [-0.25, -0.2) is 4.98 Å². The lowest BCUT2D eigenvalue weighted by Gasteiger charge is -2.11. The van der Waals surface area contributed by atoms with Crippen LogP contribution in [0.1, 0.15) is 25.6 Å². The molecule has 0 atom stereocenters. The molecule has 4 aromatic rings. The van der Waals surface area contributed by atoms with E-state index in [0.29, 0.717) is 33.5 Å². The Hall–Kier alpha value is -4.17. The van der Waals surface area contributed by atoms with Gasteiger partial charge in [0.2, 0.25) is 5.88 Å². The van der Waals surface area contributed by atoms with E-state index in [9.17, 15) is 9.59 Å². The zero-order valence-corrected chi connectivity index (χ0v) is 18.6. The summed E-state index contributed by atoms with van der Waals surface area (Å²) in [7, 11) is 1.59. The topological polar surface area (TPSA) is 89.5 Å². The lowest BCUT2D eigenvalue weighted by Crippen LogP contribution is -2.24. The van der Waals surface area contributed by atoms with E-state index in [1.54, 1.807) is 61.8 Å². The Labute approximate surface area is 195 Å². The number of pyridine rings is 1. The SMILES string of the molecule is COc1cccc(Oc2ccc(CNC(=O)c3ccccc3NC(=O)c3cccs3)cn2)c1. The summed E-state index contributed by atoms with van der Waals surface area (Å²) < 4.78 is 10.9. The van der Waals surface area contributed by atoms with Crippen molar-refractivity contribution in [2.24, 2.45) is 0 Å². The van der Waals surface area contributed by atoms with Gasteiger partial charge in [0.05, 0.1) is 23.2 Å². The van der Waals surface area contributed by atoms with Crippen LogP contribution in [-0.4, -0.2) is 23.9 Å². The number of ether oxygens (including phenoxy) is 2. The summed E-state index contributed by atoms with van der Waals surface area (Å²) in [5.74, 6) is 1.19. The highest BCUT2D eigenvalue weighted by molar-refractivity contribution is 7.12. The number of thiophene rings is 1. The van der Waals surface area contributed by atoms with Crippen LogP contribution in [0.3, 0.4) is 0 Å². The number of benzene rings is 2. The van der Waals surface area contributed by atoms with E-state index >= 15 is 0 Å². The minimum Gasteiger partial charge on any atom is -0.497 e. The van der Waals surface area contributed by atoms with Crippen LogP contribution in [0.25, 0.3) is 0 Å². The summed E-state index contributed by atoms with van der Waals surface area (Å²) in [5, 5.41) is 7.49. The number of carbonyl (C=O) groups excluding carboxylic acids is 2. The van der Waals surface area contributed by atoms with Gasteiger partial charge in [-0.3, -0.25) is 9.59 Å². The number of amides is 2. The molecular formula is C25H21N3O4S. The van der Waals surface area contributed by atoms with E-state index in [4.69, 9.17) is 9.47 Å². The van der Waals surface area contributed by atoms with Crippen molar-refractivity contribution in [1.29, 1.82) is 0 Å². The van der Waals surface area contributed by atoms with Crippen molar-refractivity contribution in [2.45, 2.75) is 6.54 Å². The molecule has 0 aliphatic carbocycles. The lowest BCUT2D eigenvalue weighted by atomic mass is 10.1. The van der Waals surface area contributed by atoms with Crippen LogP contribution in [0.15, 0.2) is 84.4 Å². The van der Waals surface area contributed by atoms with Crippen LogP contribution in [0.2, 0.25) is 0 Å². The first-order valence-corrected chi connectivity index (χ1v) is 11.0. The molecule has 166 valence electrons. The second-order valence-corrected chi connectivity index (χ2v) is 7.89. The van der Waals surface area contributed by atoms with Gasteiger partial charge in [0, 0.05) is 24.9 Å². The summed E-state index contributed by atoms with van der Waals surface area (Å²) in [6.45, 7) is 0.276. The fourth-order valence-electron chi connectivity index (χ4n) is 3.02. The normalized spacial score (nSPS) is 10.3. The predicted molar refractivity (Wildman–Crippen MR) is 127 cm³/mol. The molecule has 0 saturated carbocycles. The Bertz CT molecular complexity index is 1240. The second-order valence-electron chi connectivity index (χ2n) is 6.95. The number of nitrogens with one attached hydrogen (secondary N) is 2. The van der Waals surface area contributed by atoms with Crippen LogP contribution in [0, 0.1) is 0 Å². The van der Waals surface area contributed by atoms with Crippen molar-refractivity contribution < 1.29 is 19.1 Å². The molecule has 2 heterocycles. The maximum absolute atomic E-state index is 12.8. The number of aromatic nitrogens is 1. The standard InChI is InChI=1S/C25H21N3O4S/c1-31-18-6-4-7-19(14-18)32-23-12-11-17(15-26-23)16-27-24(29)20-8-2-3-9-21(20)28-25(30)22-10-5-13-33-22/h2-15H,16H2,1H3,(H,27,29)(H,28,30). The van der Waals surface area contributed by atoms with Gasteiger partial charge in [-0.15, -0.1) is 11.3 Å². The number of carbonyl (C=O) groups is 2. The Morgan fingerprint density at radius 3 is 2.55 bits per heavy atom. The van der Waals surface area contributed by atoms with Gasteiger partial charge >= 0.3 is 0 Å². The average molecular weight is 460 g/mol. The summed E-state index contributed by atoms with van der Waals surface area (Å²) in [4.78, 5) is 30.0. The summed E-state index contributed by atoms with van der Waals surface area (Å²) in [6, 6.07) is 21.2. The van der Waals surface area contributed by atoms with E-state index in [1.165, 1.54) is 11.3 Å². The smallest absolute Gasteiger partial charge is 0.265 e. The van der Waals surface area contributed by atoms with E-state index in [0.717, 1.165) is 5.56 Å². The van der Waals surface area contributed by atoms with Gasteiger partial charge in [-0.05, 0) is 41.3 Å². The summed E-state index contributed by atoms with van der Waals surface area (Å²) >= 11 is 1.34. The van der Waals surface area contributed by atoms with Crippen molar-refractivity contribution in [3.05, 3.63) is 100 Å². The highest BCUT2D eigenvalue weighted by Gasteiger charge is 2.14. The third-order valence-electron chi connectivity index (χ3n) is 4.68. The van der Waals surface area contributed by atoms with Crippen molar-refractivity contribution in [3.8, 4) is 17.4 Å². The maximum atomic E-state index is 12.8. The monoisotopic (exact) mass is 459 g/mol. The van der Waals surface area contributed by atoms with E-state index in [-0.39, 0.29) is 18.4 Å². The van der Waals surface area contributed by atoms with Crippen molar-refractivity contribution in [2.75, 3.05) is 12.4 Å². The third kappa shape index (κ3) is 5.75. The predicted octanol–water partition coefficient (Wildman–Crippen LogP) is 5.13. The number of rotatable bonds is 8. The summed E-state index contributed by atoms with van der Waals surface area (Å²) in [6.07, 6.45) is 1.64. The van der Waals surface area contributed by atoms with E-state index in [2.05, 4.69) is 15.6 Å². The molecule has 8 heteroatoms. The Balaban J connectivity index is 1.36. The molecule has 0 unspecified atom stereocenters. The zero-order chi connectivity index (χ0) is 23.0. The van der Waals surface area contributed by atoms with Crippen LogP contribution in [0.5, 0.6) is 17.4 Å². The van der Waals surface area contributed by atoms with Gasteiger partial charge in [-0.1, -0.05) is 30.3 Å². The van der Waals surface area contributed by atoms with Gasteiger partial charge in [0.1, 0.15) is 11.5 Å². The Morgan fingerprint density at radius 1 is 0.939 bits per heavy atom. The molecule has 0 aliphatic rings. The fraction of sp³-hybridized carbons (Fsp3) is 0.0800. The lowest BCUT2D eigenvalue weighted by molar-refractivity contribution is 0.0951. The van der Waals surface area contributed by atoms with E-state index in [1.807, 2.05) is 29.6 Å². The molecule has 2 aromatic heterocycles. The molecule has 0 aliphatic heterocycles. The van der Waals surface area contributed by atoms with E-state index < -0.39 is 0 Å². The molecular weight excluding hydrogens is 438 g/mol. The van der Waals surface area contributed by atoms with Crippen molar-refractivity contribution >= 4 is 28.8 Å². The first-order valence-electron chi connectivity index (χ1n) is 10.1. The average Bonchev–Trinajstić information content (AvgIpc) is 3.39. The molecule has 7 nitrogen and oxygen atoms in total. The Kier molecular flexibility index (Phi) is 6.96. The highest BCUT2D eigenvalue weighted by Crippen LogP contribution is 2.24. The number of methoxy groups -OCH3 is 1. The summed E-state index contributed by atoms with van der Waals surface area (Å²) in [5.41, 5.74) is 1.64. The zero-order valence-electron chi connectivity index (χ0n) is 17.8. The highest BCUT2D eigenvalue weighted by atomic mass is 32.1. The van der Waals surface area contributed by atoms with Crippen LogP contribution < -0.4 is 20.1 Å². The minimum absolute atomic E-state index is 0.249. The van der Waals surface area contributed by atoms with Crippen molar-refractivity contribution in [3.63, 3.8) is 0 Å². The van der Waals surface area contributed by atoms with Crippen LogP contribution in [-0.2, 0) is 6.54 Å². The van der Waals surface area contributed by atoms with Gasteiger partial charge in [-0.2, -0.15) is 0 Å².